The number of hydrogen-bond acceptors (Lipinski definition) is 7. The van der Waals surface area contributed by atoms with Crippen LogP contribution in [0.4, 0.5) is 17.5 Å². The van der Waals surface area contributed by atoms with Gasteiger partial charge in [-0.3, -0.25) is 5.10 Å². The molecule has 1 fully saturated rings. The molecule has 0 amide bonds. The highest BCUT2D eigenvalue weighted by molar-refractivity contribution is 5.92. The molecule has 5 N–H and O–H groups in total. The number of anilines is 3. The highest BCUT2D eigenvalue weighted by atomic mass is 15.3. The average molecular weight is 324 g/mol. The largest absolute Gasteiger partial charge is 0.349 e. The number of hydrogen-bond donors (Lipinski definition) is 4. The van der Waals surface area contributed by atoms with Crippen LogP contribution in [0.25, 0.3) is 10.9 Å². The number of H-pyrrole nitrogens is 1. The number of nitrogens with zero attached hydrogens (tertiary/aromatic N) is 4. The molecule has 0 unspecified atom stereocenters. The quantitative estimate of drug-likeness (QED) is 0.581. The predicted molar refractivity (Wildman–Crippen MR) is 93.1 cm³/mol. The second-order valence-corrected chi connectivity index (χ2v) is 6.13. The maximum Gasteiger partial charge on any atom is 0.244 e. The van der Waals surface area contributed by atoms with Gasteiger partial charge < -0.3 is 16.4 Å². The van der Waals surface area contributed by atoms with Gasteiger partial charge in [-0.25, -0.2) is 0 Å². The molecular formula is C16H20N8. The van der Waals surface area contributed by atoms with Crippen LogP contribution in [0.15, 0.2) is 30.6 Å². The van der Waals surface area contributed by atoms with Crippen molar-refractivity contribution in [2.75, 3.05) is 10.6 Å². The molecule has 124 valence electrons. The Morgan fingerprint density at radius 1 is 1.17 bits per heavy atom. The molecule has 0 radical (unpaired) electrons. The lowest BCUT2D eigenvalue weighted by Gasteiger charge is -2.29. The van der Waals surface area contributed by atoms with Crippen LogP contribution in [0.1, 0.15) is 25.7 Å². The normalized spacial score (nSPS) is 20.9. The van der Waals surface area contributed by atoms with Crippen molar-refractivity contribution in [1.82, 2.24) is 25.4 Å². The SMILES string of the molecule is N[C@H]1CCCC[C@H]1Nc1nncc(Nc2cccc3[nH]ncc23)n1. The summed E-state index contributed by atoms with van der Waals surface area (Å²) in [6.07, 6.45) is 7.83. The Hall–Kier alpha value is -2.74. The van der Waals surface area contributed by atoms with Crippen LogP contribution in [0.5, 0.6) is 0 Å². The summed E-state index contributed by atoms with van der Waals surface area (Å²) in [7, 11) is 0. The van der Waals surface area contributed by atoms with Crippen LogP contribution in [-0.2, 0) is 0 Å². The Morgan fingerprint density at radius 3 is 3.00 bits per heavy atom. The van der Waals surface area contributed by atoms with E-state index in [9.17, 15) is 0 Å². The molecule has 2 heterocycles. The first-order valence-electron chi connectivity index (χ1n) is 8.20. The number of benzene rings is 1. The summed E-state index contributed by atoms with van der Waals surface area (Å²) in [6, 6.07) is 6.25. The molecular weight excluding hydrogens is 304 g/mol. The van der Waals surface area contributed by atoms with Crippen LogP contribution >= 0.6 is 0 Å². The Labute approximate surface area is 139 Å². The molecule has 0 bridgehead atoms. The van der Waals surface area contributed by atoms with Gasteiger partial charge in [-0.1, -0.05) is 18.9 Å². The third kappa shape index (κ3) is 3.00. The number of nitrogens with two attached hydrogens (primary N) is 1. The fourth-order valence-electron chi connectivity index (χ4n) is 3.14. The van der Waals surface area contributed by atoms with E-state index in [1.165, 1.54) is 12.8 Å². The van der Waals surface area contributed by atoms with Gasteiger partial charge in [-0.2, -0.15) is 15.2 Å². The standard InChI is InChI=1S/C16H20N8/c17-11-4-1-2-5-14(11)21-16-22-15(9-19-24-16)20-12-6-3-7-13-10(12)8-18-23-13/h3,6-9,11,14H,1-2,4-5,17H2,(H,18,23)(H2,20,21,22,24)/t11-,14+/m0/s1. The number of aromatic nitrogens is 5. The Bertz CT molecular complexity index is 830. The molecule has 8 nitrogen and oxygen atoms in total. The predicted octanol–water partition coefficient (Wildman–Crippen LogP) is 2.17. The van der Waals surface area contributed by atoms with Crippen LogP contribution < -0.4 is 16.4 Å². The summed E-state index contributed by atoms with van der Waals surface area (Å²) in [5.74, 6) is 1.13. The van der Waals surface area contributed by atoms with Gasteiger partial charge in [0.25, 0.3) is 0 Å². The van der Waals surface area contributed by atoms with Crippen molar-refractivity contribution in [3.63, 3.8) is 0 Å². The van der Waals surface area contributed by atoms with Gasteiger partial charge in [-0.05, 0) is 25.0 Å². The molecule has 0 saturated heterocycles. The maximum atomic E-state index is 6.17. The Balaban J connectivity index is 1.53. The molecule has 0 spiro atoms. The van der Waals surface area contributed by atoms with E-state index < -0.39 is 0 Å². The minimum absolute atomic E-state index is 0.138. The lowest BCUT2D eigenvalue weighted by atomic mass is 9.91. The summed E-state index contributed by atoms with van der Waals surface area (Å²) >= 11 is 0. The van der Waals surface area contributed by atoms with Crippen molar-refractivity contribution >= 4 is 28.4 Å². The lowest BCUT2D eigenvalue weighted by molar-refractivity contribution is 0.402. The first-order valence-corrected chi connectivity index (χ1v) is 8.20. The van der Waals surface area contributed by atoms with Crippen molar-refractivity contribution in [3.8, 4) is 0 Å². The van der Waals surface area contributed by atoms with Crippen LogP contribution in [-0.4, -0.2) is 37.5 Å². The van der Waals surface area contributed by atoms with Crippen LogP contribution in [0.2, 0.25) is 0 Å². The molecule has 0 aliphatic heterocycles. The van der Waals surface area contributed by atoms with Gasteiger partial charge in [0.1, 0.15) is 0 Å². The molecule has 4 rings (SSSR count). The van der Waals surface area contributed by atoms with Crippen molar-refractivity contribution < 1.29 is 0 Å². The van der Waals surface area contributed by atoms with E-state index in [4.69, 9.17) is 5.73 Å². The minimum atomic E-state index is 0.138. The fraction of sp³-hybridized carbons (Fsp3) is 0.375. The van der Waals surface area contributed by atoms with Gasteiger partial charge in [0.15, 0.2) is 5.82 Å². The molecule has 2 atom stereocenters. The lowest BCUT2D eigenvalue weighted by Crippen LogP contribution is -2.43. The second-order valence-electron chi connectivity index (χ2n) is 6.13. The second kappa shape index (κ2) is 6.40. The molecule has 1 aliphatic rings. The summed E-state index contributed by atoms with van der Waals surface area (Å²) in [5.41, 5.74) is 8.06. The zero-order chi connectivity index (χ0) is 16.4. The smallest absolute Gasteiger partial charge is 0.244 e. The average Bonchev–Trinajstić information content (AvgIpc) is 3.07. The van der Waals surface area contributed by atoms with Gasteiger partial charge >= 0.3 is 0 Å². The molecule has 3 aromatic rings. The van der Waals surface area contributed by atoms with E-state index in [0.29, 0.717) is 11.8 Å². The van der Waals surface area contributed by atoms with E-state index in [0.717, 1.165) is 29.4 Å². The van der Waals surface area contributed by atoms with E-state index in [1.807, 2.05) is 18.2 Å². The zero-order valence-corrected chi connectivity index (χ0v) is 13.2. The van der Waals surface area contributed by atoms with Crippen molar-refractivity contribution in [2.24, 2.45) is 5.73 Å². The van der Waals surface area contributed by atoms with Crippen molar-refractivity contribution in [3.05, 3.63) is 30.6 Å². The summed E-state index contributed by atoms with van der Waals surface area (Å²) in [5, 5.41) is 22.7. The first kappa shape index (κ1) is 14.8. The number of nitrogens with one attached hydrogen (secondary N) is 3. The number of rotatable bonds is 4. The highest BCUT2D eigenvalue weighted by Crippen LogP contribution is 2.24. The zero-order valence-electron chi connectivity index (χ0n) is 13.2. The third-order valence-electron chi connectivity index (χ3n) is 4.44. The Morgan fingerprint density at radius 2 is 2.08 bits per heavy atom. The molecule has 8 heteroatoms. The summed E-state index contributed by atoms with van der Waals surface area (Å²) < 4.78 is 0. The van der Waals surface area contributed by atoms with E-state index in [2.05, 4.69) is 36.0 Å². The molecule has 24 heavy (non-hydrogen) atoms. The van der Waals surface area contributed by atoms with Crippen molar-refractivity contribution in [2.45, 2.75) is 37.8 Å². The minimum Gasteiger partial charge on any atom is -0.349 e. The highest BCUT2D eigenvalue weighted by Gasteiger charge is 2.22. The van der Waals surface area contributed by atoms with Crippen molar-refractivity contribution in [1.29, 1.82) is 0 Å². The molecule has 1 aliphatic carbocycles. The maximum absolute atomic E-state index is 6.17. The molecule has 2 aromatic heterocycles. The van der Waals surface area contributed by atoms with Gasteiger partial charge in [0.05, 0.1) is 23.6 Å². The van der Waals surface area contributed by atoms with Crippen LogP contribution in [0.3, 0.4) is 0 Å². The third-order valence-corrected chi connectivity index (χ3v) is 4.44. The van der Waals surface area contributed by atoms with E-state index in [-0.39, 0.29) is 12.1 Å². The molecule has 1 saturated carbocycles. The van der Waals surface area contributed by atoms with Gasteiger partial charge in [0, 0.05) is 17.5 Å². The molecule has 1 aromatic carbocycles. The first-order chi connectivity index (χ1) is 11.8. The van der Waals surface area contributed by atoms with Crippen LogP contribution in [0, 0.1) is 0 Å². The van der Waals surface area contributed by atoms with E-state index in [1.54, 1.807) is 12.4 Å². The number of aromatic amines is 1. The summed E-state index contributed by atoms with van der Waals surface area (Å²) in [4.78, 5) is 4.51. The fourth-order valence-corrected chi connectivity index (χ4v) is 3.14. The Kier molecular flexibility index (Phi) is 3.96. The van der Waals surface area contributed by atoms with Gasteiger partial charge in [-0.15, -0.1) is 5.10 Å². The topological polar surface area (TPSA) is 117 Å². The number of fused-ring (bicyclic) bond motifs is 1. The van der Waals surface area contributed by atoms with Gasteiger partial charge in [0.2, 0.25) is 5.95 Å². The monoisotopic (exact) mass is 324 g/mol. The van der Waals surface area contributed by atoms with E-state index >= 15 is 0 Å². The summed E-state index contributed by atoms with van der Waals surface area (Å²) in [6.45, 7) is 0.